The molecule has 3 aromatic heterocycles. The fraction of sp³-hybridized carbons (Fsp3) is 0.273. The first-order chi connectivity index (χ1) is 16.9. The van der Waals surface area contributed by atoms with Crippen LogP contribution in [0.5, 0.6) is 5.75 Å². The summed E-state index contributed by atoms with van der Waals surface area (Å²) in [5, 5.41) is 25.3. The maximum atomic E-state index is 13.2. The molecular weight excluding hydrogens is 484 g/mol. The molecule has 35 heavy (non-hydrogen) atoms. The van der Waals surface area contributed by atoms with E-state index in [2.05, 4.69) is 30.6 Å². The van der Waals surface area contributed by atoms with Gasteiger partial charge in [-0.2, -0.15) is 19.0 Å². The zero-order valence-corrected chi connectivity index (χ0v) is 18.9. The van der Waals surface area contributed by atoms with E-state index in [1.54, 1.807) is 18.5 Å². The van der Waals surface area contributed by atoms with E-state index in [1.807, 2.05) is 0 Å². The lowest BCUT2D eigenvalue weighted by Gasteiger charge is -2.28. The van der Waals surface area contributed by atoms with Crippen molar-refractivity contribution in [1.29, 1.82) is 0 Å². The third-order valence-electron chi connectivity index (χ3n) is 5.67. The summed E-state index contributed by atoms with van der Waals surface area (Å²) in [6.07, 6.45) is 5.96. The molecule has 1 amide bonds. The average Bonchev–Trinajstić information content (AvgIpc) is 3.45. The van der Waals surface area contributed by atoms with Crippen LogP contribution in [0.3, 0.4) is 0 Å². The second-order valence-electron chi connectivity index (χ2n) is 7.92. The maximum absolute atomic E-state index is 13.2. The summed E-state index contributed by atoms with van der Waals surface area (Å²) < 4.78 is 33.9. The van der Waals surface area contributed by atoms with E-state index < -0.39 is 24.7 Å². The monoisotopic (exact) mass is 503 g/mol. The Morgan fingerprint density at radius 3 is 3.03 bits per heavy atom. The van der Waals surface area contributed by atoms with Crippen molar-refractivity contribution in [3.63, 3.8) is 0 Å². The maximum Gasteiger partial charge on any atom is 0.387 e. The van der Waals surface area contributed by atoms with E-state index in [0.29, 0.717) is 25.2 Å². The molecular formula is C22H20ClF2N7O3. The van der Waals surface area contributed by atoms with Crippen LogP contribution in [-0.4, -0.2) is 61.2 Å². The molecule has 3 N–H and O–H groups in total. The van der Waals surface area contributed by atoms with Gasteiger partial charge in [0.1, 0.15) is 17.0 Å². The predicted molar refractivity (Wildman–Crippen MR) is 123 cm³/mol. The summed E-state index contributed by atoms with van der Waals surface area (Å²) in [4.78, 5) is 17.4. The molecule has 0 spiro atoms. The molecule has 0 bridgehead atoms. The summed E-state index contributed by atoms with van der Waals surface area (Å²) in [5.74, 6) is -0.683. The number of carbonyl (C=O) groups is 1. The van der Waals surface area contributed by atoms with Gasteiger partial charge in [-0.15, -0.1) is 0 Å². The van der Waals surface area contributed by atoms with Crippen molar-refractivity contribution in [1.82, 2.24) is 29.7 Å². The van der Waals surface area contributed by atoms with Gasteiger partial charge >= 0.3 is 6.61 Å². The summed E-state index contributed by atoms with van der Waals surface area (Å²) in [7, 11) is 0. The first-order valence-corrected chi connectivity index (χ1v) is 11.1. The number of β-amino-alcohol motifs (C(OH)–C–C–N with tert-alkyl or cyclic N) is 1. The number of alkyl halides is 2. The summed E-state index contributed by atoms with van der Waals surface area (Å²) in [6.45, 7) is -2.05. The quantitative estimate of drug-likeness (QED) is 0.370. The van der Waals surface area contributed by atoms with Crippen LogP contribution in [-0.2, 0) is 0 Å². The topological polar surface area (TPSA) is 119 Å². The fourth-order valence-corrected chi connectivity index (χ4v) is 4.22. The molecule has 0 aliphatic carbocycles. The van der Waals surface area contributed by atoms with Gasteiger partial charge < -0.3 is 20.5 Å². The van der Waals surface area contributed by atoms with Gasteiger partial charge in [-0.05, 0) is 37.2 Å². The van der Waals surface area contributed by atoms with Crippen molar-refractivity contribution in [2.45, 2.75) is 25.2 Å². The summed E-state index contributed by atoms with van der Waals surface area (Å²) in [6, 6.07) is 5.44. The highest BCUT2D eigenvalue weighted by atomic mass is 35.5. The highest BCUT2D eigenvalue weighted by molar-refractivity contribution is 6.31. The number of aliphatic hydroxyl groups excluding tert-OH is 1. The molecule has 1 aromatic carbocycles. The lowest BCUT2D eigenvalue weighted by atomic mass is 10.0. The lowest BCUT2D eigenvalue weighted by Crippen LogP contribution is -2.41. The van der Waals surface area contributed by atoms with Gasteiger partial charge in [0.2, 0.25) is 0 Å². The van der Waals surface area contributed by atoms with Crippen LogP contribution in [0.4, 0.5) is 14.5 Å². The van der Waals surface area contributed by atoms with Gasteiger partial charge in [0.05, 0.1) is 24.0 Å². The summed E-state index contributed by atoms with van der Waals surface area (Å²) >= 11 is 6.15. The Balaban J connectivity index is 1.58. The number of rotatable bonds is 6. The predicted octanol–water partition coefficient (Wildman–Crippen LogP) is 3.00. The van der Waals surface area contributed by atoms with E-state index >= 15 is 0 Å². The van der Waals surface area contributed by atoms with Crippen LogP contribution < -0.4 is 15.4 Å². The van der Waals surface area contributed by atoms with E-state index in [0.717, 1.165) is 0 Å². The lowest BCUT2D eigenvalue weighted by molar-refractivity contribution is -0.0494. The Kier molecular flexibility index (Phi) is 6.32. The van der Waals surface area contributed by atoms with Crippen LogP contribution in [0.25, 0.3) is 16.9 Å². The molecule has 0 saturated carbocycles. The number of ether oxygens (including phenoxy) is 1. The first-order valence-electron chi connectivity index (χ1n) is 10.7. The molecule has 10 nitrogen and oxygen atoms in total. The third kappa shape index (κ3) is 4.67. The number of aliphatic hydroxyl groups is 1. The van der Waals surface area contributed by atoms with Crippen molar-refractivity contribution in [3.8, 4) is 17.0 Å². The van der Waals surface area contributed by atoms with Gasteiger partial charge in [0.15, 0.2) is 5.65 Å². The molecule has 1 aliphatic rings. The number of halogens is 3. The molecule has 1 saturated heterocycles. The number of anilines is 1. The number of amides is 1. The van der Waals surface area contributed by atoms with Crippen molar-refractivity contribution < 1.29 is 23.4 Å². The van der Waals surface area contributed by atoms with Gasteiger partial charge in [0.25, 0.3) is 5.91 Å². The van der Waals surface area contributed by atoms with Crippen LogP contribution in [0.2, 0.25) is 5.02 Å². The zero-order valence-electron chi connectivity index (χ0n) is 18.1. The molecule has 1 fully saturated rings. The number of benzene rings is 1. The normalized spacial score (nSPS) is 18.2. The minimum Gasteiger partial charge on any atom is -0.434 e. The number of hydrogen-bond donors (Lipinski definition) is 3. The Morgan fingerprint density at radius 2 is 2.23 bits per heavy atom. The highest BCUT2D eigenvalue weighted by Gasteiger charge is 2.28. The number of carbonyl (C=O) groups excluding carboxylic acids is 1. The van der Waals surface area contributed by atoms with Crippen molar-refractivity contribution in [2.75, 3.05) is 18.4 Å². The largest absolute Gasteiger partial charge is 0.434 e. The van der Waals surface area contributed by atoms with E-state index in [1.165, 1.54) is 39.8 Å². The Hall–Kier alpha value is -3.61. The fourth-order valence-electron chi connectivity index (χ4n) is 4.05. The van der Waals surface area contributed by atoms with Crippen molar-refractivity contribution in [2.24, 2.45) is 0 Å². The number of piperidine rings is 1. The molecule has 5 rings (SSSR count). The van der Waals surface area contributed by atoms with Crippen molar-refractivity contribution in [3.05, 3.63) is 59.6 Å². The number of nitrogens with zero attached hydrogens (tertiary/aromatic N) is 5. The Labute approximate surface area is 202 Å². The van der Waals surface area contributed by atoms with E-state index in [-0.39, 0.29) is 33.3 Å². The van der Waals surface area contributed by atoms with Crippen LogP contribution in [0.1, 0.15) is 22.8 Å². The standard InChI is InChI=1S/C22H20ClF2N7O3/c23-12-2-3-18(35-22(24)25)13(8-12)19-15(11-32(30-19)16-4-6-26-10-17(16)33)29-21(34)14-9-28-31-7-1-5-27-20(14)31/h1-3,5,7-9,11,16-17,22,26,33H,4,6,10H2,(H,29,34)/t16?,17-/m0/s1. The first kappa shape index (κ1) is 23.1. The van der Waals surface area contributed by atoms with Gasteiger partial charge in [-0.3, -0.25) is 9.48 Å². The van der Waals surface area contributed by atoms with Gasteiger partial charge in [-0.1, -0.05) is 11.6 Å². The average molecular weight is 504 g/mol. The minimum absolute atomic E-state index is 0.159. The Bertz CT molecular complexity index is 1380. The van der Waals surface area contributed by atoms with Crippen molar-refractivity contribution >= 4 is 28.8 Å². The van der Waals surface area contributed by atoms with E-state index in [4.69, 9.17) is 11.6 Å². The van der Waals surface area contributed by atoms with E-state index in [9.17, 15) is 18.7 Å². The smallest absolute Gasteiger partial charge is 0.387 e. The number of fused-ring (bicyclic) bond motifs is 1. The third-order valence-corrected chi connectivity index (χ3v) is 5.91. The molecule has 2 atom stereocenters. The van der Waals surface area contributed by atoms with Crippen LogP contribution in [0, 0.1) is 0 Å². The van der Waals surface area contributed by atoms with Crippen LogP contribution in [0.15, 0.2) is 49.1 Å². The minimum atomic E-state index is -3.08. The highest BCUT2D eigenvalue weighted by Crippen LogP contribution is 2.38. The zero-order chi connectivity index (χ0) is 24.5. The summed E-state index contributed by atoms with van der Waals surface area (Å²) in [5.41, 5.74) is 1.09. The molecule has 4 heterocycles. The number of aromatic nitrogens is 5. The van der Waals surface area contributed by atoms with Gasteiger partial charge in [0, 0.05) is 35.7 Å². The molecule has 1 aliphatic heterocycles. The van der Waals surface area contributed by atoms with Crippen LogP contribution >= 0.6 is 11.6 Å². The number of hydrogen-bond acceptors (Lipinski definition) is 7. The molecule has 1 unspecified atom stereocenters. The second kappa shape index (κ2) is 9.56. The SMILES string of the molecule is O=C(Nc1cn(C2CCNC[C@@H]2O)nc1-c1cc(Cl)ccc1OC(F)F)c1cnn2cccnc12. The second-order valence-corrected chi connectivity index (χ2v) is 8.35. The molecule has 0 radical (unpaired) electrons. The molecule has 182 valence electrons. The van der Waals surface area contributed by atoms with Gasteiger partial charge in [-0.25, -0.2) is 9.50 Å². The Morgan fingerprint density at radius 1 is 1.37 bits per heavy atom. The molecule has 13 heteroatoms. The molecule has 4 aromatic rings. The number of nitrogens with one attached hydrogen (secondary N) is 2.